The van der Waals surface area contributed by atoms with Crippen molar-refractivity contribution in [3.63, 3.8) is 0 Å². The van der Waals surface area contributed by atoms with Gasteiger partial charge in [0.2, 0.25) is 0 Å². The minimum Gasteiger partial charge on any atom is -0.494 e. The molecule has 0 saturated heterocycles. The van der Waals surface area contributed by atoms with E-state index in [4.69, 9.17) is 9.72 Å². The van der Waals surface area contributed by atoms with Crippen LogP contribution in [0.2, 0.25) is 0 Å². The molecule has 0 amide bonds. The molecule has 0 aliphatic rings. The van der Waals surface area contributed by atoms with Crippen LogP contribution in [0.15, 0.2) is 47.4 Å². The van der Waals surface area contributed by atoms with Crippen LogP contribution in [0.4, 0.5) is 0 Å². The van der Waals surface area contributed by atoms with E-state index in [0.29, 0.717) is 0 Å². The fraction of sp³-hybridized carbons (Fsp3) is 0.606. The molecule has 0 aliphatic carbocycles. The molecule has 2 aromatic carbocycles. The number of benzene rings is 2. The maximum absolute atomic E-state index is 5.92. The molecule has 1 aromatic heterocycles. The maximum Gasteiger partial charge on any atom is 0.124 e. The second-order valence-corrected chi connectivity index (χ2v) is 12.2. The Morgan fingerprint density at radius 1 is 0.703 bits per heavy atom. The summed E-state index contributed by atoms with van der Waals surface area (Å²) in [7, 11) is 0. The van der Waals surface area contributed by atoms with E-state index in [9.17, 15) is 0 Å². The Kier molecular flexibility index (Phi) is 16.7. The van der Waals surface area contributed by atoms with Gasteiger partial charge < -0.3 is 4.74 Å². The van der Waals surface area contributed by atoms with Gasteiger partial charge in [0.05, 0.1) is 16.8 Å². The number of unbranched alkanes of at least 4 members (excludes halogenated alkanes) is 13. The van der Waals surface area contributed by atoms with Crippen molar-refractivity contribution in [1.82, 2.24) is 4.98 Å². The number of hydrogen-bond donors (Lipinski definition) is 0. The van der Waals surface area contributed by atoms with Gasteiger partial charge in [-0.05, 0) is 61.1 Å². The van der Waals surface area contributed by atoms with Gasteiger partial charge in [-0.3, -0.25) is 0 Å². The number of ether oxygens (including phenoxy) is 1. The molecule has 0 N–H and O–H groups in total. The Labute approximate surface area is 236 Å². The van der Waals surface area contributed by atoms with Gasteiger partial charge in [0, 0.05) is 10.5 Å². The molecule has 2 nitrogen and oxygen atoms in total. The van der Waals surface area contributed by atoms with Crippen LogP contribution in [0.5, 0.6) is 5.75 Å². The molecule has 206 valence electrons. The summed E-state index contributed by atoms with van der Waals surface area (Å²) in [5.74, 6) is 2.18. The summed E-state index contributed by atoms with van der Waals surface area (Å²) in [6, 6.07) is 15.2. The fourth-order valence-electron chi connectivity index (χ4n) is 4.49. The van der Waals surface area contributed by atoms with Crippen LogP contribution in [-0.2, 0) is 0 Å². The number of fused-ring (bicyclic) bond motifs is 1. The lowest BCUT2D eigenvalue weighted by molar-refractivity contribution is 0.304. The van der Waals surface area contributed by atoms with Crippen LogP contribution in [0.25, 0.3) is 20.8 Å². The van der Waals surface area contributed by atoms with E-state index in [1.165, 1.54) is 111 Å². The highest BCUT2D eigenvalue weighted by molar-refractivity contribution is 7.99. The molecule has 1 heterocycles. The van der Waals surface area contributed by atoms with Gasteiger partial charge >= 0.3 is 0 Å². The van der Waals surface area contributed by atoms with Gasteiger partial charge in [-0.1, -0.05) is 105 Å². The zero-order valence-corrected chi connectivity index (χ0v) is 24.4. The van der Waals surface area contributed by atoms with Gasteiger partial charge in [0.25, 0.3) is 0 Å². The summed E-state index contributed by atoms with van der Waals surface area (Å²) in [4.78, 5) is 6.26. The Morgan fingerprint density at radius 3 is 1.95 bits per heavy atom. The Bertz CT molecular complexity index is 966. The lowest BCUT2D eigenvalue weighted by atomic mass is 10.1. The van der Waals surface area contributed by atoms with Crippen molar-refractivity contribution in [3.05, 3.63) is 42.5 Å². The van der Waals surface area contributed by atoms with E-state index >= 15 is 0 Å². The molecule has 3 rings (SSSR count). The molecule has 0 saturated carbocycles. The van der Waals surface area contributed by atoms with Crippen LogP contribution in [0, 0.1) is 0 Å². The Morgan fingerprint density at radius 2 is 1.30 bits per heavy atom. The lowest BCUT2D eigenvalue weighted by Crippen LogP contribution is -1.97. The summed E-state index contributed by atoms with van der Waals surface area (Å²) < 4.78 is 7.21. The Hall–Kier alpha value is -1.52. The average molecular weight is 542 g/mol. The number of nitrogens with zero attached hydrogens (tertiary/aromatic N) is 1. The average Bonchev–Trinajstić information content (AvgIpc) is 3.33. The summed E-state index contributed by atoms with van der Waals surface area (Å²) in [6.07, 6.45) is 20.3. The van der Waals surface area contributed by atoms with Crippen LogP contribution in [-0.4, -0.2) is 17.3 Å². The standard InChI is InChI=1S/C32H47NOS2.CH4/c1-3-5-7-9-10-11-12-13-15-17-25-35-29-22-23-30-31(26-29)36-32(33-30)27-18-20-28(21-19-27)34-24-16-14-8-6-4-2;/h18-23,26H,3-17,24-25H2,1-2H3;1H4. The minimum absolute atomic E-state index is 0. The highest BCUT2D eigenvalue weighted by Crippen LogP contribution is 2.33. The molecule has 0 fully saturated rings. The lowest BCUT2D eigenvalue weighted by Gasteiger charge is -2.06. The predicted octanol–water partition coefficient (Wildman–Crippen LogP) is 12.0. The molecule has 0 atom stereocenters. The molecule has 0 bridgehead atoms. The highest BCUT2D eigenvalue weighted by atomic mass is 32.2. The quantitative estimate of drug-likeness (QED) is 0.105. The van der Waals surface area contributed by atoms with Crippen molar-refractivity contribution in [2.24, 2.45) is 0 Å². The fourth-order valence-corrected chi connectivity index (χ4v) is 6.52. The van der Waals surface area contributed by atoms with Gasteiger partial charge in [-0.15, -0.1) is 23.1 Å². The summed E-state index contributed by atoms with van der Waals surface area (Å²) in [5.41, 5.74) is 2.27. The zero-order chi connectivity index (χ0) is 25.3. The molecule has 37 heavy (non-hydrogen) atoms. The van der Waals surface area contributed by atoms with E-state index in [0.717, 1.165) is 29.3 Å². The van der Waals surface area contributed by atoms with Crippen LogP contribution >= 0.6 is 23.1 Å². The first-order valence-corrected chi connectivity index (χ1v) is 16.4. The number of hydrogen-bond acceptors (Lipinski definition) is 4. The van der Waals surface area contributed by atoms with E-state index in [1.807, 2.05) is 11.8 Å². The molecule has 0 spiro atoms. The zero-order valence-electron chi connectivity index (χ0n) is 22.7. The van der Waals surface area contributed by atoms with Gasteiger partial charge in [0.15, 0.2) is 0 Å². The van der Waals surface area contributed by atoms with Crippen molar-refractivity contribution >= 4 is 33.3 Å². The third kappa shape index (κ3) is 12.3. The first-order valence-electron chi connectivity index (χ1n) is 14.6. The van der Waals surface area contributed by atoms with Crippen molar-refractivity contribution in [2.75, 3.05) is 12.4 Å². The van der Waals surface area contributed by atoms with Crippen LogP contribution in [0.3, 0.4) is 0 Å². The molecule has 4 heteroatoms. The number of rotatable bonds is 20. The smallest absolute Gasteiger partial charge is 0.124 e. The molecule has 3 aromatic rings. The van der Waals surface area contributed by atoms with Gasteiger partial charge in [0.1, 0.15) is 10.8 Å². The van der Waals surface area contributed by atoms with Gasteiger partial charge in [-0.2, -0.15) is 0 Å². The number of aromatic nitrogens is 1. The normalized spacial score (nSPS) is 11.1. The van der Waals surface area contributed by atoms with Crippen molar-refractivity contribution in [1.29, 1.82) is 0 Å². The molecular weight excluding hydrogens is 491 g/mol. The number of thioether (sulfide) groups is 1. The summed E-state index contributed by atoms with van der Waals surface area (Å²) in [5, 5.41) is 1.09. The number of thiazole rings is 1. The Balaban J connectivity index is 0.00000481. The van der Waals surface area contributed by atoms with E-state index in [1.54, 1.807) is 11.3 Å². The largest absolute Gasteiger partial charge is 0.494 e. The monoisotopic (exact) mass is 541 g/mol. The first kappa shape index (κ1) is 31.7. The molecular formula is C33H51NOS2. The third-order valence-electron chi connectivity index (χ3n) is 6.74. The topological polar surface area (TPSA) is 22.1 Å². The highest BCUT2D eigenvalue weighted by Gasteiger charge is 2.08. The van der Waals surface area contributed by atoms with E-state index in [2.05, 4.69) is 56.3 Å². The minimum atomic E-state index is 0. The molecule has 0 aliphatic heterocycles. The van der Waals surface area contributed by atoms with Crippen molar-refractivity contribution in [3.8, 4) is 16.3 Å². The predicted molar refractivity (Wildman–Crippen MR) is 169 cm³/mol. The van der Waals surface area contributed by atoms with Crippen LogP contribution < -0.4 is 4.74 Å². The van der Waals surface area contributed by atoms with Crippen molar-refractivity contribution in [2.45, 2.75) is 122 Å². The SMILES string of the molecule is C.CCCCCCCCCCCCSc1ccc2nc(-c3ccc(OCCCCCCC)cc3)sc2c1. The molecule has 0 radical (unpaired) electrons. The maximum atomic E-state index is 5.92. The second kappa shape index (κ2) is 19.5. The van der Waals surface area contributed by atoms with E-state index in [-0.39, 0.29) is 7.43 Å². The summed E-state index contributed by atoms with van der Waals surface area (Å²) >= 11 is 3.79. The second-order valence-electron chi connectivity index (χ2n) is 9.97. The van der Waals surface area contributed by atoms with Crippen molar-refractivity contribution < 1.29 is 4.74 Å². The van der Waals surface area contributed by atoms with E-state index < -0.39 is 0 Å². The van der Waals surface area contributed by atoms with Crippen LogP contribution in [0.1, 0.15) is 118 Å². The third-order valence-corrected chi connectivity index (χ3v) is 8.89. The van der Waals surface area contributed by atoms with Gasteiger partial charge in [-0.25, -0.2) is 4.98 Å². The summed E-state index contributed by atoms with van der Waals surface area (Å²) in [6.45, 7) is 5.35. The first-order chi connectivity index (χ1) is 17.8. The molecule has 0 unspecified atom stereocenters.